The van der Waals surface area contributed by atoms with Crippen LogP contribution in [0.5, 0.6) is 0 Å². The van der Waals surface area contributed by atoms with Crippen molar-refractivity contribution in [2.75, 3.05) is 22.5 Å². The fourth-order valence-electron chi connectivity index (χ4n) is 2.01. The first-order valence-electron chi connectivity index (χ1n) is 7.29. The summed E-state index contributed by atoms with van der Waals surface area (Å²) in [5.41, 5.74) is 1.17. The number of hydrogen-bond donors (Lipinski definition) is 4. The molecule has 2 aromatic rings. The molecule has 2 amide bonds. The summed E-state index contributed by atoms with van der Waals surface area (Å²) >= 11 is 0.930. The van der Waals surface area contributed by atoms with E-state index in [0.717, 1.165) is 11.3 Å². The molecule has 0 atom stereocenters. The standard InChI is InChI=1S/C15H15N5O5S/c1-7-14(20-25)26-15(17-7)19-13(24)10-4-3-9(16-6-12(22)23)5-11(10)18-8(2)21/h3-5,16H,6H2,1-2H3,(H,18,21)(H,22,23)(H,17,19,24). The lowest BCUT2D eigenvalue weighted by atomic mass is 10.1. The molecule has 26 heavy (non-hydrogen) atoms. The van der Waals surface area contributed by atoms with Gasteiger partial charge in [-0.1, -0.05) is 11.3 Å². The minimum Gasteiger partial charge on any atom is -0.480 e. The predicted molar refractivity (Wildman–Crippen MR) is 97.1 cm³/mol. The van der Waals surface area contributed by atoms with Gasteiger partial charge in [0, 0.05) is 12.6 Å². The second-order valence-electron chi connectivity index (χ2n) is 5.14. The first-order valence-corrected chi connectivity index (χ1v) is 8.11. The van der Waals surface area contributed by atoms with Gasteiger partial charge in [-0.25, -0.2) is 4.98 Å². The lowest BCUT2D eigenvalue weighted by Crippen LogP contribution is -2.17. The summed E-state index contributed by atoms with van der Waals surface area (Å²) < 4.78 is 0. The van der Waals surface area contributed by atoms with E-state index in [2.05, 4.69) is 26.1 Å². The maximum absolute atomic E-state index is 12.5. The Morgan fingerprint density at radius 2 is 2.00 bits per heavy atom. The molecule has 0 aliphatic rings. The maximum atomic E-state index is 12.5. The number of carboxylic acids is 1. The van der Waals surface area contributed by atoms with Gasteiger partial charge in [0.1, 0.15) is 6.54 Å². The van der Waals surface area contributed by atoms with Crippen LogP contribution in [0.15, 0.2) is 23.4 Å². The number of amides is 2. The van der Waals surface area contributed by atoms with E-state index in [1.807, 2.05) is 0 Å². The highest BCUT2D eigenvalue weighted by molar-refractivity contribution is 7.19. The van der Waals surface area contributed by atoms with Crippen molar-refractivity contribution in [1.82, 2.24) is 4.98 Å². The number of nitrogens with zero attached hydrogens (tertiary/aromatic N) is 2. The van der Waals surface area contributed by atoms with Crippen LogP contribution in [0.2, 0.25) is 0 Å². The Balaban J connectivity index is 2.26. The van der Waals surface area contributed by atoms with E-state index in [9.17, 15) is 19.3 Å². The normalized spacial score (nSPS) is 10.1. The number of aliphatic carboxylic acids is 1. The molecule has 0 aliphatic carbocycles. The predicted octanol–water partition coefficient (Wildman–Crippen LogP) is 2.56. The van der Waals surface area contributed by atoms with E-state index >= 15 is 0 Å². The van der Waals surface area contributed by atoms with Gasteiger partial charge in [-0.05, 0) is 30.3 Å². The zero-order valence-electron chi connectivity index (χ0n) is 13.8. The number of aromatic nitrogens is 1. The Bertz CT molecular complexity index is 879. The van der Waals surface area contributed by atoms with E-state index in [-0.39, 0.29) is 27.9 Å². The monoisotopic (exact) mass is 377 g/mol. The number of carbonyl (C=O) groups excluding carboxylic acids is 2. The third-order valence-corrected chi connectivity index (χ3v) is 4.04. The molecule has 0 saturated heterocycles. The summed E-state index contributed by atoms with van der Waals surface area (Å²) in [5.74, 6) is -2.00. The fourth-order valence-corrected chi connectivity index (χ4v) is 2.75. The van der Waals surface area contributed by atoms with Crippen molar-refractivity contribution in [3.05, 3.63) is 34.4 Å². The number of anilines is 3. The minimum absolute atomic E-state index is 0.148. The van der Waals surface area contributed by atoms with E-state index in [1.165, 1.54) is 25.1 Å². The van der Waals surface area contributed by atoms with Crippen molar-refractivity contribution in [1.29, 1.82) is 0 Å². The minimum atomic E-state index is -1.05. The first kappa shape index (κ1) is 19.0. The van der Waals surface area contributed by atoms with Crippen LogP contribution in [-0.2, 0) is 9.59 Å². The van der Waals surface area contributed by atoms with Gasteiger partial charge in [-0.2, -0.15) is 0 Å². The fraction of sp³-hybridized carbons (Fsp3) is 0.200. The molecule has 0 radical (unpaired) electrons. The van der Waals surface area contributed by atoms with Crippen LogP contribution in [0.4, 0.5) is 21.5 Å². The molecule has 10 nitrogen and oxygen atoms in total. The molecule has 1 aromatic heterocycles. The molecule has 1 heterocycles. The summed E-state index contributed by atoms with van der Waals surface area (Å²) in [6.45, 7) is 2.56. The van der Waals surface area contributed by atoms with Gasteiger partial charge in [0.25, 0.3) is 5.91 Å². The van der Waals surface area contributed by atoms with Crippen LogP contribution in [-0.4, -0.2) is 34.4 Å². The Morgan fingerprint density at radius 1 is 1.27 bits per heavy atom. The number of carbonyl (C=O) groups is 3. The second-order valence-corrected chi connectivity index (χ2v) is 6.12. The van der Waals surface area contributed by atoms with Crippen molar-refractivity contribution in [2.45, 2.75) is 13.8 Å². The van der Waals surface area contributed by atoms with Gasteiger partial charge in [0.05, 0.1) is 16.9 Å². The van der Waals surface area contributed by atoms with Crippen LogP contribution in [0.3, 0.4) is 0 Å². The van der Waals surface area contributed by atoms with E-state index in [4.69, 9.17) is 5.11 Å². The van der Waals surface area contributed by atoms with Crippen molar-refractivity contribution < 1.29 is 19.5 Å². The third kappa shape index (κ3) is 4.83. The second kappa shape index (κ2) is 8.16. The van der Waals surface area contributed by atoms with Gasteiger partial charge in [0.15, 0.2) is 10.1 Å². The highest BCUT2D eigenvalue weighted by Gasteiger charge is 2.16. The molecule has 136 valence electrons. The number of nitrogens with one attached hydrogen (secondary N) is 3. The van der Waals surface area contributed by atoms with Crippen molar-refractivity contribution >= 4 is 50.6 Å². The third-order valence-electron chi connectivity index (χ3n) is 3.09. The van der Waals surface area contributed by atoms with E-state index in [0.29, 0.717) is 11.4 Å². The van der Waals surface area contributed by atoms with Gasteiger partial charge in [-0.3, -0.25) is 19.7 Å². The van der Waals surface area contributed by atoms with Crippen LogP contribution >= 0.6 is 11.3 Å². The number of hydrogen-bond acceptors (Lipinski definition) is 8. The van der Waals surface area contributed by atoms with Crippen LogP contribution < -0.4 is 16.0 Å². The van der Waals surface area contributed by atoms with Gasteiger partial charge < -0.3 is 15.7 Å². The molecule has 0 saturated carbocycles. The number of nitroso groups, excluding NO2 is 1. The molecule has 0 fully saturated rings. The molecule has 0 bridgehead atoms. The highest BCUT2D eigenvalue weighted by atomic mass is 32.1. The maximum Gasteiger partial charge on any atom is 0.322 e. The summed E-state index contributed by atoms with van der Waals surface area (Å²) in [4.78, 5) is 49.2. The SMILES string of the molecule is CC(=O)Nc1cc(NCC(=O)O)ccc1C(=O)Nc1nc(C)c(N=O)s1. The van der Waals surface area contributed by atoms with Crippen molar-refractivity contribution in [3.8, 4) is 0 Å². The zero-order chi connectivity index (χ0) is 19.3. The van der Waals surface area contributed by atoms with Gasteiger partial charge >= 0.3 is 5.97 Å². The van der Waals surface area contributed by atoms with Crippen LogP contribution in [0.1, 0.15) is 23.0 Å². The summed E-state index contributed by atoms with van der Waals surface area (Å²) in [7, 11) is 0. The topological polar surface area (TPSA) is 150 Å². The largest absolute Gasteiger partial charge is 0.480 e. The Labute approximate surface area is 151 Å². The average Bonchev–Trinajstić information content (AvgIpc) is 2.91. The summed E-state index contributed by atoms with van der Waals surface area (Å²) in [6.07, 6.45) is 0. The van der Waals surface area contributed by atoms with Gasteiger partial charge in [0.2, 0.25) is 5.91 Å². The summed E-state index contributed by atoms with van der Waals surface area (Å²) in [6, 6.07) is 4.39. The number of benzene rings is 1. The number of aryl methyl sites for hydroxylation is 1. The molecule has 0 unspecified atom stereocenters. The highest BCUT2D eigenvalue weighted by Crippen LogP contribution is 2.31. The number of thiazole rings is 1. The van der Waals surface area contributed by atoms with E-state index in [1.54, 1.807) is 6.92 Å². The van der Waals surface area contributed by atoms with Crippen molar-refractivity contribution in [3.63, 3.8) is 0 Å². The molecule has 11 heteroatoms. The van der Waals surface area contributed by atoms with Crippen molar-refractivity contribution in [2.24, 2.45) is 5.18 Å². The zero-order valence-corrected chi connectivity index (χ0v) is 14.6. The number of rotatable bonds is 7. The molecular weight excluding hydrogens is 362 g/mol. The molecule has 0 spiro atoms. The van der Waals surface area contributed by atoms with Crippen LogP contribution in [0.25, 0.3) is 0 Å². The summed E-state index contributed by atoms with van der Waals surface area (Å²) in [5, 5.41) is 19.6. The lowest BCUT2D eigenvalue weighted by molar-refractivity contribution is -0.135. The molecule has 2 rings (SSSR count). The Kier molecular flexibility index (Phi) is 5.96. The molecule has 1 aromatic carbocycles. The smallest absolute Gasteiger partial charge is 0.322 e. The van der Waals surface area contributed by atoms with E-state index < -0.39 is 17.8 Å². The quantitative estimate of drug-likeness (QED) is 0.541. The lowest BCUT2D eigenvalue weighted by Gasteiger charge is -2.12. The van der Waals surface area contributed by atoms with Gasteiger partial charge in [-0.15, -0.1) is 4.91 Å². The van der Waals surface area contributed by atoms with Crippen LogP contribution in [0, 0.1) is 11.8 Å². The Hall–Kier alpha value is -3.34. The molecular formula is C15H15N5O5S. The molecule has 0 aliphatic heterocycles. The average molecular weight is 377 g/mol. The number of carboxylic acid groups (broad SMARTS) is 1. The Morgan fingerprint density at radius 3 is 2.58 bits per heavy atom. The first-order chi connectivity index (χ1) is 12.3. The molecule has 4 N–H and O–H groups in total.